The molecule has 1 amide bonds. The first-order valence-corrected chi connectivity index (χ1v) is 5.88. The van der Waals surface area contributed by atoms with E-state index < -0.39 is 11.8 Å². The van der Waals surface area contributed by atoms with E-state index in [1.165, 1.54) is 19.2 Å². The molecule has 0 heterocycles. The van der Waals surface area contributed by atoms with Crippen molar-refractivity contribution in [2.24, 2.45) is 0 Å². The molecule has 0 atom stereocenters. The lowest BCUT2D eigenvalue weighted by molar-refractivity contribution is 0.0691. The van der Waals surface area contributed by atoms with E-state index in [4.69, 9.17) is 5.11 Å². The topological polar surface area (TPSA) is 66.4 Å². The van der Waals surface area contributed by atoms with E-state index >= 15 is 0 Å². The molecule has 0 bridgehead atoms. The third-order valence-electron chi connectivity index (χ3n) is 2.88. The molecule has 2 aromatic rings. The summed E-state index contributed by atoms with van der Waals surface area (Å²) in [6, 6.07) is 10.5. The summed E-state index contributed by atoms with van der Waals surface area (Å²) in [7, 11) is 1.52. The maximum absolute atomic E-state index is 13.7. The summed E-state index contributed by atoms with van der Waals surface area (Å²) in [5.41, 5.74) is 1.23. The second-order valence-corrected chi connectivity index (χ2v) is 4.16. The molecule has 0 fully saturated rings. The van der Waals surface area contributed by atoms with Gasteiger partial charge < -0.3 is 10.4 Å². The van der Waals surface area contributed by atoms with Crippen molar-refractivity contribution in [3.05, 3.63) is 59.4 Å². The number of halogens is 1. The van der Waals surface area contributed by atoms with Crippen molar-refractivity contribution in [2.75, 3.05) is 7.05 Å². The third-order valence-corrected chi connectivity index (χ3v) is 2.88. The number of carboxylic acid groups (broad SMARTS) is 1. The minimum Gasteiger partial charge on any atom is -0.478 e. The van der Waals surface area contributed by atoms with Gasteiger partial charge in [0.1, 0.15) is 5.82 Å². The van der Waals surface area contributed by atoms with Crippen LogP contribution in [0.4, 0.5) is 4.39 Å². The van der Waals surface area contributed by atoms with Gasteiger partial charge in [0.15, 0.2) is 0 Å². The van der Waals surface area contributed by atoms with Crippen LogP contribution in [-0.2, 0) is 0 Å². The fourth-order valence-corrected chi connectivity index (χ4v) is 1.85. The highest BCUT2D eigenvalue weighted by molar-refractivity contribution is 5.95. The summed E-state index contributed by atoms with van der Waals surface area (Å²) in [6.45, 7) is 0. The normalized spacial score (nSPS) is 10.1. The third kappa shape index (κ3) is 2.66. The molecular weight excluding hydrogens is 261 g/mol. The Morgan fingerprint density at radius 1 is 1.10 bits per heavy atom. The van der Waals surface area contributed by atoms with Crippen LogP contribution in [0.25, 0.3) is 11.1 Å². The largest absolute Gasteiger partial charge is 0.478 e. The van der Waals surface area contributed by atoms with Gasteiger partial charge in [-0.05, 0) is 35.4 Å². The summed E-state index contributed by atoms with van der Waals surface area (Å²) in [5.74, 6) is -2.36. The molecule has 0 aliphatic rings. The Balaban J connectivity index is 2.44. The number of carboxylic acids is 1. The van der Waals surface area contributed by atoms with Crippen LogP contribution < -0.4 is 5.32 Å². The fraction of sp³-hybridized carbons (Fsp3) is 0.0667. The first kappa shape index (κ1) is 13.7. The van der Waals surface area contributed by atoms with Crippen LogP contribution in [0.1, 0.15) is 20.7 Å². The molecule has 0 radical (unpaired) electrons. The first-order valence-electron chi connectivity index (χ1n) is 5.88. The zero-order chi connectivity index (χ0) is 14.7. The molecule has 2 rings (SSSR count). The van der Waals surface area contributed by atoms with Crippen LogP contribution in [0, 0.1) is 5.82 Å². The number of hydrogen-bond acceptors (Lipinski definition) is 2. The lowest BCUT2D eigenvalue weighted by Crippen LogP contribution is -2.17. The maximum Gasteiger partial charge on any atom is 0.338 e. The number of hydrogen-bond donors (Lipinski definition) is 2. The van der Waals surface area contributed by atoms with Crippen molar-refractivity contribution >= 4 is 11.9 Å². The van der Waals surface area contributed by atoms with Crippen molar-refractivity contribution in [2.45, 2.75) is 0 Å². The Morgan fingerprint density at radius 3 is 2.40 bits per heavy atom. The standard InChI is InChI=1S/C15H12FNO3/c1-17-14(18)11-4-2-3-9(7-11)10-5-6-12(15(19)20)13(16)8-10/h2-8H,1H3,(H,17,18)(H,19,20). The van der Waals surface area contributed by atoms with Crippen molar-refractivity contribution in [3.8, 4) is 11.1 Å². The average molecular weight is 273 g/mol. The fourth-order valence-electron chi connectivity index (χ4n) is 1.85. The number of nitrogens with one attached hydrogen (secondary N) is 1. The highest BCUT2D eigenvalue weighted by atomic mass is 19.1. The molecule has 2 aromatic carbocycles. The summed E-state index contributed by atoms with van der Waals surface area (Å²) in [4.78, 5) is 22.3. The van der Waals surface area contributed by atoms with Crippen molar-refractivity contribution in [3.63, 3.8) is 0 Å². The predicted molar refractivity (Wildman–Crippen MR) is 72.2 cm³/mol. The van der Waals surface area contributed by atoms with Gasteiger partial charge in [0.25, 0.3) is 5.91 Å². The van der Waals surface area contributed by atoms with Crippen molar-refractivity contribution in [1.82, 2.24) is 5.32 Å². The zero-order valence-corrected chi connectivity index (χ0v) is 10.7. The Bertz CT molecular complexity index is 683. The lowest BCUT2D eigenvalue weighted by atomic mass is 10.0. The van der Waals surface area contributed by atoms with Gasteiger partial charge in [0.05, 0.1) is 5.56 Å². The van der Waals surface area contributed by atoms with Gasteiger partial charge in [-0.25, -0.2) is 9.18 Å². The monoisotopic (exact) mass is 273 g/mol. The summed E-state index contributed by atoms with van der Waals surface area (Å²) in [5, 5.41) is 11.3. The first-order chi connectivity index (χ1) is 9.52. The molecule has 0 saturated carbocycles. The highest BCUT2D eigenvalue weighted by Gasteiger charge is 2.12. The SMILES string of the molecule is CNC(=O)c1cccc(-c2ccc(C(=O)O)c(F)c2)c1. The number of amides is 1. The van der Waals surface area contributed by atoms with E-state index in [1.807, 2.05) is 0 Å². The van der Waals surface area contributed by atoms with E-state index in [0.29, 0.717) is 16.7 Å². The molecule has 0 aromatic heterocycles. The lowest BCUT2D eigenvalue weighted by Gasteiger charge is -2.06. The molecule has 0 spiro atoms. The van der Waals surface area contributed by atoms with Crippen LogP contribution >= 0.6 is 0 Å². The molecule has 0 aliphatic heterocycles. The van der Waals surface area contributed by atoms with Gasteiger partial charge >= 0.3 is 5.97 Å². The van der Waals surface area contributed by atoms with Crippen LogP contribution in [-0.4, -0.2) is 24.0 Å². The van der Waals surface area contributed by atoms with Gasteiger partial charge in [-0.2, -0.15) is 0 Å². The van der Waals surface area contributed by atoms with Crippen LogP contribution in [0.15, 0.2) is 42.5 Å². The second kappa shape index (κ2) is 5.52. The van der Waals surface area contributed by atoms with Crippen molar-refractivity contribution in [1.29, 1.82) is 0 Å². The average Bonchev–Trinajstić information content (AvgIpc) is 2.46. The predicted octanol–water partition coefficient (Wildman–Crippen LogP) is 2.55. The Labute approximate surface area is 114 Å². The van der Waals surface area contributed by atoms with Gasteiger partial charge in [-0.15, -0.1) is 0 Å². The van der Waals surface area contributed by atoms with Crippen LogP contribution in [0.5, 0.6) is 0 Å². The van der Waals surface area contributed by atoms with Gasteiger partial charge in [0.2, 0.25) is 0 Å². The molecule has 20 heavy (non-hydrogen) atoms. The molecule has 102 valence electrons. The number of aromatic carboxylic acids is 1. The van der Waals surface area contributed by atoms with Crippen molar-refractivity contribution < 1.29 is 19.1 Å². The molecule has 0 unspecified atom stereocenters. The van der Waals surface area contributed by atoms with E-state index in [9.17, 15) is 14.0 Å². The number of rotatable bonds is 3. The maximum atomic E-state index is 13.7. The van der Waals surface area contributed by atoms with E-state index in [-0.39, 0.29) is 11.5 Å². The smallest absolute Gasteiger partial charge is 0.338 e. The quantitative estimate of drug-likeness (QED) is 0.903. The summed E-state index contributed by atoms with van der Waals surface area (Å²) in [6.07, 6.45) is 0. The minimum atomic E-state index is -1.31. The van der Waals surface area contributed by atoms with Crippen LogP contribution in [0.2, 0.25) is 0 Å². The minimum absolute atomic E-state index is 0.241. The Hall–Kier alpha value is -2.69. The molecule has 5 heteroatoms. The van der Waals surface area contributed by atoms with E-state index in [2.05, 4.69) is 5.32 Å². The summed E-state index contributed by atoms with van der Waals surface area (Å²) >= 11 is 0. The van der Waals surface area contributed by atoms with Crippen LogP contribution in [0.3, 0.4) is 0 Å². The molecule has 0 saturated heterocycles. The van der Waals surface area contributed by atoms with Gasteiger partial charge in [-0.3, -0.25) is 4.79 Å². The number of benzene rings is 2. The summed E-state index contributed by atoms with van der Waals surface area (Å²) < 4.78 is 13.7. The highest BCUT2D eigenvalue weighted by Crippen LogP contribution is 2.23. The van der Waals surface area contributed by atoms with Gasteiger partial charge in [0, 0.05) is 12.6 Å². The van der Waals surface area contributed by atoms with E-state index in [1.54, 1.807) is 24.3 Å². The zero-order valence-electron chi connectivity index (χ0n) is 10.7. The molecule has 0 aliphatic carbocycles. The Morgan fingerprint density at radius 2 is 1.80 bits per heavy atom. The molecule has 4 nitrogen and oxygen atoms in total. The Kier molecular flexibility index (Phi) is 3.79. The molecule has 2 N–H and O–H groups in total. The molecular formula is C15H12FNO3. The second-order valence-electron chi connectivity index (χ2n) is 4.16. The van der Waals surface area contributed by atoms with Gasteiger partial charge in [-0.1, -0.05) is 18.2 Å². The number of carbonyl (C=O) groups is 2. The number of carbonyl (C=O) groups excluding carboxylic acids is 1. The van der Waals surface area contributed by atoms with E-state index in [0.717, 1.165) is 6.07 Å².